The quantitative estimate of drug-likeness (QED) is 0.652. The van der Waals surface area contributed by atoms with E-state index < -0.39 is 0 Å². The first kappa shape index (κ1) is 9.65. The predicted molar refractivity (Wildman–Crippen MR) is 58.4 cm³/mol. The first-order valence-corrected chi connectivity index (χ1v) is 4.70. The zero-order chi connectivity index (χ0) is 10.7. The van der Waals surface area contributed by atoms with Crippen LogP contribution < -0.4 is 0 Å². The molecule has 3 nitrogen and oxygen atoms in total. The number of aliphatic imine (C=N–C) groups is 1. The van der Waals surface area contributed by atoms with Crippen molar-refractivity contribution in [1.29, 1.82) is 0 Å². The molecule has 0 atom stereocenters. The van der Waals surface area contributed by atoms with Crippen LogP contribution in [0.15, 0.2) is 40.9 Å². The molecule has 15 heavy (non-hydrogen) atoms. The molecule has 0 radical (unpaired) electrons. The Hall–Kier alpha value is -1.90. The molecule has 2 rings (SSSR count). The van der Waals surface area contributed by atoms with Gasteiger partial charge in [0.1, 0.15) is 0 Å². The molecule has 0 spiro atoms. The standard InChI is InChI=1S/C12H11NO2/c1-15-12(14)10-6-7-13-11-5-3-2-4-9(11)8-10/h2-7H,8H2,1H3. The third-order valence-corrected chi connectivity index (χ3v) is 2.31. The van der Waals surface area contributed by atoms with Crippen molar-refractivity contribution in [3.05, 3.63) is 41.5 Å². The lowest BCUT2D eigenvalue weighted by Crippen LogP contribution is -2.07. The summed E-state index contributed by atoms with van der Waals surface area (Å²) in [6.45, 7) is 0. The summed E-state index contributed by atoms with van der Waals surface area (Å²) in [5.74, 6) is -0.293. The molecule has 0 aliphatic carbocycles. The summed E-state index contributed by atoms with van der Waals surface area (Å²) in [6.07, 6.45) is 3.91. The second-order valence-electron chi connectivity index (χ2n) is 3.27. The molecule has 0 saturated carbocycles. The van der Waals surface area contributed by atoms with Gasteiger partial charge in [-0.1, -0.05) is 18.2 Å². The van der Waals surface area contributed by atoms with E-state index in [1.54, 1.807) is 12.3 Å². The lowest BCUT2D eigenvalue weighted by molar-refractivity contribution is -0.136. The van der Waals surface area contributed by atoms with Gasteiger partial charge >= 0.3 is 5.97 Å². The summed E-state index contributed by atoms with van der Waals surface area (Å²) in [5.41, 5.74) is 2.58. The number of rotatable bonds is 1. The van der Waals surface area contributed by atoms with Crippen LogP contribution in [0.2, 0.25) is 0 Å². The molecular formula is C12H11NO2. The number of carbonyl (C=O) groups is 1. The van der Waals surface area contributed by atoms with Gasteiger partial charge in [0.15, 0.2) is 0 Å². The highest BCUT2D eigenvalue weighted by atomic mass is 16.5. The molecule has 1 aromatic carbocycles. The Balaban J connectivity index is 2.35. The van der Waals surface area contributed by atoms with Gasteiger partial charge in [0.2, 0.25) is 0 Å². The Kier molecular flexibility index (Phi) is 2.63. The van der Waals surface area contributed by atoms with Crippen molar-refractivity contribution in [3.63, 3.8) is 0 Å². The second-order valence-corrected chi connectivity index (χ2v) is 3.27. The Morgan fingerprint density at radius 2 is 2.20 bits per heavy atom. The van der Waals surface area contributed by atoms with E-state index in [1.165, 1.54) is 7.11 Å². The molecule has 0 aromatic heterocycles. The van der Waals surface area contributed by atoms with Gasteiger partial charge < -0.3 is 4.74 Å². The van der Waals surface area contributed by atoms with Gasteiger partial charge in [-0.05, 0) is 17.7 Å². The van der Waals surface area contributed by atoms with Crippen molar-refractivity contribution in [3.8, 4) is 0 Å². The van der Waals surface area contributed by atoms with Crippen LogP contribution in [0.3, 0.4) is 0 Å². The average Bonchev–Trinajstić information content (AvgIpc) is 2.49. The van der Waals surface area contributed by atoms with Crippen molar-refractivity contribution in [2.75, 3.05) is 7.11 Å². The normalized spacial score (nSPS) is 13.8. The van der Waals surface area contributed by atoms with Gasteiger partial charge in [0, 0.05) is 18.2 Å². The van der Waals surface area contributed by atoms with Crippen molar-refractivity contribution in [2.45, 2.75) is 6.42 Å². The first-order chi connectivity index (χ1) is 7.31. The molecule has 1 aliphatic rings. The zero-order valence-corrected chi connectivity index (χ0v) is 8.43. The summed E-state index contributed by atoms with van der Waals surface area (Å²) < 4.78 is 4.69. The number of para-hydroxylation sites is 1. The Labute approximate surface area is 88.1 Å². The van der Waals surface area contributed by atoms with Crippen molar-refractivity contribution >= 4 is 17.9 Å². The number of hydrogen-bond acceptors (Lipinski definition) is 3. The number of ether oxygens (including phenoxy) is 1. The minimum Gasteiger partial charge on any atom is -0.466 e. The van der Waals surface area contributed by atoms with Crippen molar-refractivity contribution in [1.82, 2.24) is 0 Å². The maximum Gasteiger partial charge on any atom is 0.334 e. The van der Waals surface area contributed by atoms with E-state index in [0.29, 0.717) is 12.0 Å². The number of benzene rings is 1. The van der Waals surface area contributed by atoms with Crippen molar-refractivity contribution < 1.29 is 9.53 Å². The van der Waals surface area contributed by atoms with E-state index in [9.17, 15) is 4.79 Å². The molecule has 0 fully saturated rings. The highest BCUT2D eigenvalue weighted by molar-refractivity contribution is 5.95. The Bertz CT molecular complexity index is 447. The van der Waals surface area contributed by atoms with Crippen LogP contribution >= 0.6 is 0 Å². The van der Waals surface area contributed by atoms with Gasteiger partial charge in [-0.25, -0.2) is 4.79 Å². The highest BCUT2D eigenvalue weighted by Gasteiger charge is 2.13. The first-order valence-electron chi connectivity index (χ1n) is 4.70. The molecule has 0 N–H and O–H groups in total. The molecule has 0 unspecified atom stereocenters. The van der Waals surface area contributed by atoms with Crippen molar-refractivity contribution in [2.24, 2.45) is 4.99 Å². The summed E-state index contributed by atoms with van der Waals surface area (Å²) in [6, 6.07) is 7.77. The largest absolute Gasteiger partial charge is 0.466 e. The monoisotopic (exact) mass is 201 g/mol. The molecule has 1 aromatic rings. The molecule has 0 amide bonds. The minimum absolute atomic E-state index is 0.293. The van der Waals surface area contributed by atoms with Crippen LogP contribution in [-0.4, -0.2) is 19.3 Å². The molecule has 76 valence electrons. The van der Waals surface area contributed by atoms with Gasteiger partial charge in [-0.15, -0.1) is 0 Å². The van der Waals surface area contributed by atoms with E-state index in [0.717, 1.165) is 11.3 Å². The fourth-order valence-corrected chi connectivity index (χ4v) is 1.53. The number of esters is 1. The van der Waals surface area contributed by atoms with E-state index in [1.807, 2.05) is 24.3 Å². The smallest absolute Gasteiger partial charge is 0.334 e. The maximum absolute atomic E-state index is 11.4. The Morgan fingerprint density at radius 1 is 1.40 bits per heavy atom. The molecule has 1 heterocycles. The van der Waals surface area contributed by atoms with Crippen LogP contribution in [0.5, 0.6) is 0 Å². The van der Waals surface area contributed by atoms with Gasteiger partial charge in [-0.2, -0.15) is 0 Å². The molecule has 0 saturated heterocycles. The SMILES string of the molecule is COC(=O)C1=CC=Nc2ccccc2C1. The summed E-state index contributed by atoms with van der Waals surface area (Å²) in [5, 5.41) is 0. The minimum atomic E-state index is -0.293. The van der Waals surface area contributed by atoms with E-state index in [-0.39, 0.29) is 5.97 Å². The zero-order valence-electron chi connectivity index (χ0n) is 8.43. The summed E-state index contributed by atoms with van der Waals surface area (Å²) in [4.78, 5) is 15.6. The molecular weight excluding hydrogens is 190 g/mol. The number of methoxy groups -OCH3 is 1. The van der Waals surface area contributed by atoms with Crippen LogP contribution in [0.25, 0.3) is 0 Å². The number of nitrogens with zero attached hydrogens (tertiary/aromatic N) is 1. The lowest BCUT2D eigenvalue weighted by atomic mass is 10.0. The molecule has 0 bridgehead atoms. The lowest BCUT2D eigenvalue weighted by Gasteiger charge is -2.04. The maximum atomic E-state index is 11.4. The summed E-state index contributed by atoms with van der Waals surface area (Å²) in [7, 11) is 1.39. The third-order valence-electron chi connectivity index (χ3n) is 2.31. The fraction of sp³-hybridized carbons (Fsp3) is 0.167. The highest BCUT2D eigenvalue weighted by Crippen LogP contribution is 2.23. The van der Waals surface area contributed by atoms with Crippen LogP contribution in [0, 0.1) is 0 Å². The predicted octanol–water partition coefficient (Wildman–Crippen LogP) is 2.04. The third kappa shape index (κ3) is 1.96. The van der Waals surface area contributed by atoms with Gasteiger partial charge in [-0.3, -0.25) is 4.99 Å². The fourth-order valence-electron chi connectivity index (χ4n) is 1.53. The van der Waals surface area contributed by atoms with E-state index in [2.05, 4.69) is 4.99 Å². The second kappa shape index (κ2) is 4.09. The van der Waals surface area contributed by atoms with E-state index >= 15 is 0 Å². The number of allylic oxidation sites excluding steroid dienone is 1. The van der Waals surface area contributed by atoms with Gasteiger partial charge in [0.05, 0.1) is 12.8 Å². The van der Waals surface area contributed by atoms with Crippen LogP contribution in [-0.2, 0) is 16.0 Å². The van der Waals surface area contributed by atoms with Crippen LogP contribution in [0.1, 0.15) is 5.56 Å². The molecule has 1 aliphatic heterocycles. The average molecular weight is 201 g/mol. The van der Waals surface area contributed by atoms with Crippen LogP contribution in [0.4, 0.5) is 5.69 Å². The Morgan fingerprint density at radius 3 is 3.00 bits per heavy atom. The number of fused-ring (bicyclic) bond motifs is 1. The topological polar surface area (TPSA) is 38.7 Å². The summed E-state index contributed by atoms with van der Waals surface area (Å²) >= 11 is 0. The van der Waals surface area contributed by atoms with E-state index in [4.69, 9.17) is 4.74 Å². The van der Waals surface area contributed by atoms with Gasteiger partial charge in [0.25, 0.3) is 0 Å². The number of carbonyl (C=O) groups excluding carboxylic acids is 1. The molecule has 3 heteroatoms. The number of hydrogen-bond donors (Lipinski definition) is 0.